The monoisotopic (exact) mass is 514 g/mol. The number of hydrogen-bond acceptors (Lipinski definition) is 1. The third-order valence-corrected chi connectivity index (χ3v) is 9.59. The molecule has 0 unspecified atom stereocenters. The van der Waals surface area contributed by atoms with Crippen LogP contribution in [0.5, 0.6) is 0 Å². The standard InChI is InChI=1S/C38H26S/c1-25-22-31(28-15-11-14-27(24-28)26-12-3-2-4-13-26)37-35(23-25)38(34-20-9-10-21-36(34)39-37)32-18-7-5-16-29(32)30-17-6-8-19-33(30)38/h2-24H,1H3. The Morgan fingerprint density at radius 1 is 0.436 bits per heavy atom. The number of rotatable bonds is 2. The van der Waals surface area contributed by atoms with Gasteiger partial charge in [0.15, 0.2) is 0 Å². The normalized spacial score (nSPS) is 13.9. The zero-order valence-electron chi connectivity index (χ0n) is 21.7. The first-order valence-electron chi connectivity index (χ1n) is 13.5. The van der Waals surface area contributed by atoms with Crippen LogP contribution in [-0.4, -0.2) is 0 Å². The highest BCUT2D eigenvalue weighted by atomic mass is 32.2. The van der Waals surface area contributed by atoms with Crippen LogP contribution in [0.2, 0.25) is 0 Å². The summed E-state index contributed by atoms with van der Waals surface area (Å²) in [4.78, 5) is 2.69. The number of aryl methyl sites for hydroxylation is 1. The SMILES string of the molecule is Cc1cc(-c2cccc(-c3ccccc3)c2)c2c(c1)C1(c3ccccc3S2)c2ccccc2-c2ccccc21. The van der Waals surface area contributed by atoms with Gasteiger partial charge in [-0.1, -0.05) is 145 Å². The first-order chi connectivity index (χ1) is 19.2. The van der Waals surface area contributed by atoms with Crippen molar-refractivity contribution in [2.45, 2.75) is 22.1 Å². The topological polar surface area (TPSA) is 0 Å². The van der Waals surface area contributed by atoms with Crippen molar-refractivity contribution in [3.05, 3.63) is 167 Å². The fraction of sp³-hybridized carbons (Fsp3) is 0.0526. The molecule has 0 saturated heterocycles. The molecule has 6 aromatic rings. The van der Waals surface area contributed by atoms with Crippen molar-refractivity contribution >= 4 is 11.8 Å². The molecule has 0 atom stereocenters. The molecular weight excluding hydrogens is 488 g/mol. The summed E-state index contributed by atoms with van der Waals surface area (Å²) in [5.74, 6) is 0. The Kier molecular flexibility index (Phi) is 4.99. The van der Waals surface area contributed by atoms with Gasteiger partial charge in [-0.25, -0.2) is 0 Å². The highest BCUT2D eigenvalue weighted by Gasteiger charge is 2.50. The molecule has 1 aliphatic heterocycles. The smallest absolute Gasteiger partial charge is 0.0735 e. The maximum absolute atomic E-state index is 2.45. The summed E-state index contributed by atoms with van der Waals surface area (Å²) in [6, 6.07) is 51.7. The quantitative estimate of drug-likeness (QED) is 0.221. The molecule has 0 radical (unpaired) electrons. The van der Waals surface area contributed by atoms with Crippen LogP contribution in [0.25, 0.3) is 33.4 Å². The molecule has 0 amide bonds. The third kappa shape index (κ3) is 3.20. The number of fused-ring (bicyclic) bond motifs is 9. The number of hydrogen-bond donors (Lipinski definition) is 0. The van der Waals surface area contributed by atoms with E-state index in [1.165, 1.54) is 71.0 Å². The van der Waals surface area contributed by atoms with Gasteiger partial charge in [0, 0.05) is 9.79 Å². The van der Waals surface area contributed by atoms with Gasteiger partial charge in [-0.3, -0.25) is 0 Å². The van der Waals surface area contributed by atoms with Gasteiger partial charge in [0.05, 0.1) is 5.41 Å². The lowest BCUT2D eigenvalue weighted by Gasteiger charge is -2.40. The van der Waals surface area contributed by atoms with Crippen LogP contribution in [0.3, 0.4) is 0 Å². The molecule has 1 aliphatic carbocycles. The molecule has 39 heavy (non-hydrogen) atoms. The molecule has 1 heteroatoms. The van der Waals surface area contributed by atoms with Gasteiger partial charge >= 0.3 is 0 Å². The second-order valence-corrected chi connectivity index (χ2v) is 11.6. The van der Waals surface area contributed by atoms with Gasteiger partial charge in [-0.2, -0.15) is 0 Å². The largest absolute Gasteiger partial charge is 0.0887 e. The van der Waals surface area contributed by atoms with Crippen molar-refractivity contribution in [2.24, 2.45) is 0 Å². The Hall–Kier alpha value is -4.33. The summed E-state index contributed by atoms with van der Waals surface area (Å²) in [7, 11) is 0. The molecule has 1 heterocycles. The van der Waals surface area contributed by atoms with Crippen molar-refractivity contribution in [1.82, 2.24) is 0 Å². The van der Waals surface area contributed by atoms with E-state index in [9.17, 15) is 0 Å². The molecular formula is C38H26S. The highest BCUT2D eigenvalue weighted by molar-refractivity contribution is 7.99. The van der Waals surface area contributed by atoms with E-state index in [1.807, 2.05) is 11.8 Å². The minimum absolute atomic E-state index is 0.345. The van der Waals surface area contributed by atoms with E-state index >= 15 is 0 Å². The average molecular weight is 515 g/mol. The molecule has 0 bridgehead atoms. The maximum atomic E-state index is 2.45. The highest BCUT2D eigenvalue weighted by Crippen LogP contribution is 2.63. The first-order valence-corrected chi connectivity index (χ1v) is 14.3. The molecule has 0 fully saturated rings. The van der Waals surface area contributed by atoms with Crippen molar-refractivity contribution in [1.29, 1.82) is 0 Å². The Bertz CT molecular complexity index is 1850. The van der Waals surface area contributed by atoms with E-state index in [2.05, 4.69) is 146 Å². The molecule has 0 saturated carbocycles. The van der Waals surface area contributed by atoms with Gasteiger partial charge in [0.25, 0.3) is 0 Å². The second-order valence-electron chi connectivity index (χ2n) is 10.6. The Morgan fingerprint density at radius 3 is 1.77 bits per heavy atom. The Morgan fingerprint density at radius 2 is 1.03 bits per heavy atom. The van der Waals surface area contributed by atoms with E-state index in [0.29, 0.717) is 0 Å². The molecule has 184 valence electrons. The molecule has 8 rings (SSSR count). The Labute approximate surface area is 234 Å². The molecule has 0 N–H and O–H groups in total. The third-order valence-electron chi connectivity index (χ3n) is 8.37. The van der Waals surface area contributed by atoms with Crippen molar-refractivity contribution in [2.75, 3.05) is 0 Å². The zero-order valence-corrected chi connectivity index (χ0v) is 22.5. The van der Waals surface area contributed by atoms with Gasteiger partial charge in [0.2, 0.25) is 0 Å². The van der Waals surface area contributed by atoms with Crippen LogP contribution in [0.1, 0.15) is 27.8 Å². The van der Waals surface area contributed by atoms with E-state index in [-0.39, 0.29) is 5.41 Å². The van der Waals surface area contributed by atoms with Gasteiger partial charge in [0.1, 0.15) is 0 Å². The first kappa shape index (κ1) is 22.6. The molecule has 2 aliphatic rings. The Balaban J connectivity index is 1.46. The van der Waals surface area contributed by atoms with E-state index < -0.39 is 0 Å². The zero-order chi connectivity index (χ0) is 26.0. The fourth-order valence-electron chi connectivity index (χ4n) is 6.81. The van der Waals surface area contributed by atoms with Crippen molar-refractivity contribution in [3.8, 4) is 33.4 Å². The van der Waals surface area contributed by atoms with Crippen LogP contribution in [0.4, 0.5) is 0 Å². The van der Waals surface area contributed by atoms with E-state index in [4.69, 9.17) is 0 Å². The molecule has 0 nitrogen and oxygen atoms in total. The number of benzene rings is 6. The summed E-state index contributed by atoms with van der Waals surface area (Å²) in [6.45, 7) is 2.25. The predicted octanol–water partition coefficient (Wildman–Crippen LogP) is 10.2. The summed E-state index contributed by atoms with van der Waals surface area (Å²) < 4.78 is 0. The van der Waals surface area contributed by atoms with Crippen LogP contribution in [-0.2, 0) is 5.41 Å². The summed E-state index contributed by atoms with van der Waals surface area (Å²) >= 11 is 1.92. The second kappa shape index (κ2) is 8.59. The lowest BCUT2D eigenvalue weighted by molar-refractivity contribution is 0.722. The summed E-state index contributed by atoms with van der Waals surface area (Å²) in [5.41, 5.74) is 14.2. The minimum atomic E-state index is -0.345. The summed E-state index contributed by atoms with van der Waals surface area (Å²) in [5, 5.41) is 0. The van der Waals surface area contributed by atoms with Gasteiger partial charge in [-0.15, -0.1) is 0 Å². The lowest BCUT2D eigenvalue weighted by atomic mass is 9.66. The van der Waals surface area contributed by atoms with Crippen molar-refractivity contribution in [3.63, 3.8) is 0 Å². The van der Waals surface area contributed by atoms with Gasteiger partial charge < -0.3 is 0 Å². The minimum Gasteiger partial charge on any atom is -0.0887 e. The lowest BCUT2D eigenvalue weighted by Crippen LogP contribution is -2.32. The predicted molar refractivity (Wildman–Crippen MR) is 163 cm³/mol. The average Bonchev–Trinajstić information content (AvgIpc) is 3.29. The van der Waals surface area contributed by atoms with E-state index in [1.54, 1.807) is 0 Å². The van der Waals surface area contributed by atoms with E-state index in [0.717, 1.165) is 0 Å². The fourth-order valence-corrected chi connectivity index (χ4v) is 8.12. The van der Waals surface area contributed by atoms with Crippen LogP contribution in [0, 0.1) is 6.92 Å². The molecule has 0 aromatic heterocycles. The van der Waals surface area contributed by atoms with Gasteiger partial charge in [-0.05, 0) is 74.7 Å². The van der Waals surface area contributed by atoms with Crippen LogP contribution < -0.4 is 0 Å². The molecule has 6 aromatic carbocycles. The van der Waals surface area contributed by atoms with Crippen molar-refractivity contribution < 1.29 is 0 Å². The van der Waals surface area contributed by atoms with Crippen LogP contribution >= 0.6 is 11.8 Å². The summed E-state index contributed by atoms with van der Waals surface area (Å²) in [6.07, 6.45) is 0. The maximum Gasteiger partial charge on any atom is 0.0735 e. The molecule has 1 spiro atoms. The van der Waals surface area contributed by atoms with Crippen LogP contribution in [0.15, 0.2) is 149 Å².